The number of benzene rings is 2. The topological polar surface area (TPSA) is 88.4 Å². The molecule has 0 atom stereocenters. The first-order chi connectivity index (χ1) is 13.8. The summed E-state index contributed by atoms with van der Waals surface area (Å²) in [6.07, 6.45) is 1.53. The highest BCUT2D eigenvalue weighted by Gasteiger charge is 2.23. The number of aromatic nitrogens is 2. The second-order valence-electron chi connectivity index (χ2n) is 6.84. The second kappa shape index (κ2) is 8.77. The Labute approximate surface area is 172 Å². The normalized spacial score (nSPS) is 11.3. The molecule has 9 heteroatoms. The summed E-state index contributed by atoms with van der Waals surface area (Å²) in [6, 6.07) is 6.83. The molecule has 3 N–H and O–H groups in total. The Bertz CT molecular complexity index is 1050. The number of amides is 1. The molecule has 0 bridgehead atoms. The van der Waals surface area contributed by atoms with Crippen molar-refractivity contribution in [1.29, 1.82) is 0 Å². The maximum atomic E-state index is 15.4. The van der Waals surface area contributed by atoms with Crippen molar-refractivity contribution in [3.63, 3.8) is 0 Å². The predicted octanol–water partition coefficient (Wildman–Crippen LogP) is 4.12. The van der Waals surface area contributed by atoms with E-state index in [-0.39, 0.29) is 36.0 Å². The lowest BCUT2D eigenvalue weighted by atomic mass is 10.1. The van der Waals surface area contributed by atoms with Crippen molar-refractivity contribution in [2.75, 3.05) is 18.5 Å². The molecule has 0 aliphatic heterocycles. The molecule has 1 heterocycles. The SMILES string of the molecule is Cc1ccc(Nc2c(C(=O)NOCCO)cc3c(ncn3C(C)C)c2F)c(Cl)c1. The Kier molecular flexibility index (Phi) is 6.36. The lowest BCUT2D eigenvalue weighted by Gasteiger charge is -2.16. The summed E-state index contributed by atoms with van der Waals surface area (Å²) in [5, 5.41) is 12.1. The lowest BCUT2D eigenvalue weighted by molar-refractivity contribution is 0.0169. The zero-order valence-corrected chi connectivity index (χ0v) is 17.0. The molecule has 7 nitrogen and oxygen atoms in total. The molecule has 0 saturated heterocycles. The number of nitrogens with zero attached hydrogens (tertiary/aromatic N) is 2. The minimum Gasteiger partial charge on any atom is -0.394 e. The molecule has 154 valence electrons. The van der Waals surface area contributed by atoms with Gasteiger partial charge in [-0.15, -0.1) is 0 Å². The van der Waals surface area contributed by atoms with Gasteiger partial charge in [-0.2, -0.15) is 0 Å². The van der Waals surface area contributed by atoms with Gasteiger partial charge >= 0.3 is 0 Å². The molecular weight excluding hydrogens is 399 g/mol. The third kappa shape index (κ3) is 4.34. The average molecular weight is 421 g/mol. The summed E-state index contributed by atoms with van der Waals surface area (Å²) in [6.45, 7) is 5.39. The average Bonchev–Trinajstić information content (AvgIpc) is 3.10. The van der Waals surface area contributed by atoms with Crippen LogP contribution in [0.4, 0.5) is 15.8 Å². The first-order valence-electron chi connectivity index (χ1n) is 9.08. The number of carbonyl (C=O) groups excluding carboxylic acids is 1. The third-order valence-corrected chi connectivity index (χ3v) is 4.67. The molecule has 0 aliphatic carbocycles. The van der Waals surface area contributed by atoms with Gasteiger partial charge in [0, 0.05) is 6.04 Å². The fourth-order valence-corrected chi connectivity index (χ4v) is 3.20. The molecule has 0 saturated carbocycles. The smallest absolute Gasteiger partial charge is 0.277 e. The Morgan fingerprint density at radius 2 is 2.14 bits per heavy atom. The van der Waals surface area contributed by atoms with E-state index in [1.165, 1.54) is 6.33 Å². The molecule has 0 radical (unpaired) electrons. The van der Waals surface area contributed by atoms with Crippen LogP contribution in [0.2, 0.25) is 5.02 Å². The van der Waals surface area contributed by atoms with Gasteiger partial charge in [0.15, 0.2) is 5.82 Å². The van der Waals surface area contributed by atoms with Crippen molar-refractivity contribution < 1.29 is 19.1 Å². The van der Waals surface area contributed by atoms with Crippen molar-refractivity contribution >= 4 is 39.9 Å². The maximum absolute atomic E-state index is 15.4. The first kappa shape index (κ1) is 21.0. The number of rotatable bonds is 7. The number of aryl methyl sites for hydroxylation is 1. The number of halogens is 2. The van der Waals surface area contributed by atoms with Crippen LogP contribution in [0.1, 0.15) is 35.8 Å². The van der Waals surface area contributed by atoms with E-state index in [2.05, 4.69) is 15.8 Å². The van der Waals surface area contributed by atoms with Crippen LogP contribution in [0.3, 0.4) is 0 Å². The monoisotopic (exact) mass is 420 g/mol. The van der Waals surface area contributed by atoms with Crippen LogP contribution >= 0.6 is 11.6 Å². The van der Waals surface area contributed by atoms with E-state index >= 15 is 4.39 Å². The Balaban J connectivity index is 2.13. The summed E-state index contributed by atoms with van der Waals surface area (Å²) in [4.78, 5) is 21.8. The number of hydroxylamine groups is 1. The van der Waals surface area contributed by atoms with Gasteiger partial charge < -0.3 is 15.0 Å². The van der Waals surface area contributed by atoms with Crippen LogP contribution in [-0.4, -0.2) is 33.8 Å². The van der Waals surface area contributed by atoms with Crippen molar-refractivity contribution in [3.05, 3.63) is 52.6 Å². The molecule has 0 aliphatic rings. The van der Waals surface area contributed by atoms with Gasteiger partial charge in [0.1, 0.15) is 5.52 Å². The molecule has 3 rings (SSSR count). The number of nitrogens with one attached hydrogen (secondary N) is 2. The molecule has 3 aromatic rings. The van der Waals surface area contributed by atoms with Gasteiger partial charge in [0.05, 0.1) is 47.0 Å². The zero-order chi connectivity index (χ0) is 21.1. The van der Waals surface area contributed by atoms with Crippen LogP contribution in [-0.2, 0) is 4.84 Å². The summed E-state index contributed by atoms with van der Waals surface area (Å²) in [5.41, 5.74) is 4.18. The zero-order valence-electron chi connectivity index (χ0n) is 16.3. The number of aliphatic hydroxyl groups is 1. The van der Waals surface area contributed by atoms with Gasteiger partial charge in [-0.1, -0.05) is 17.7 Å². The molecule has 1 amide bonds. The van der Waals surface area contributed by atoms with Crippen molar-refractivity contribution in [1.82, 2.24) is 15.0 Å². The third-order valence-electron chi connectivity index (χ3n) is 4.35. The van der Waals surface area contributed by atoms with Crippen molar-refractivity contribution in [2.45, 2.75) is 26.8 Å². The molecule has 29 heavy (non-hydrogen) atoms. The number of imidazole rings is 1. The van der Waals surface area contributed by atoms with Gasteiger partial charge in [0.25, 0.3) is 5.91 Å². The molecule has 0 unspecified atom stereocenters. The molecule has 0 fully saturated rings. The van der Waals surface area contributed by atoms with Crippen LogP contribution in [0, 0.1) is 12.7 Å². The van der Waals surface area contributed by atoms with E-state index in [0.717, 1.165) is 5.56 Å². The largest absolute Gasteiger partial charge is 0.394 e. The van der Waals surface area contributed by atoms with Crippen LogP contribution in [0.15, 0.2) is 30.6 Å². The highest BCUT2D eigenvalue weighted by molar-refractivity contribution is 6.33. The number of hydrogen-bond donors (Lipinski definition) is 3. The van der Waals surface area contributed by atoms with E-state index < -0.39 is 11.7 Å². The Hall–Kier alpha value is -2.68. The number of anilines is 2. The van der Waals surface area contributed by atoms with E-state index in [9.17, 15) is 4.79 Å². The van der Waals surface area contributed by atoms with Crippen molar-refractivity contribution in [3.8, 4) is 0 Å². The maximum Gasteiger partial charge on any atom is 0.277 e. The predicted molar refractivity (Wildman–Crippen MR) is 110 cm³/mol. The van der Waals surface area contributed by atoms with Crippen LogP contribution in [0.25, 0.3) is 11.0 Å². The summed E-state index contributed by atoms with van der Waals surface area (Å²) >= 11 is 6.27. The summed E-state index contributed by atoms with van der Waals surface area (Å²) in [7, 11) is 0. The quantitative estimate of drug-likeness (QED) is 0.395. The summed E-state index contributed by atoms with van der Waals surface area (Å²) in [5.74, 6) is -1.34. The van der Waals surface area contributed by atoms with E-state index in [1.54, 1.807) is 22.8 Å². The van der Waals surface area contributed by atoms with Gasteiger partial charge in [-0.3, -0.25) is 9.63 Å². The highest BCUT2D eigenvalue weighted by Crippen LogP contribution is 2.34. The minimum atomic E-state index is -0.675. The lowest BCUT2D eigenvalue weighted by Crippen LogP contribution is -2.26. The van der Waals surface area contributed by atoms with E-state index in [4.69, 9.17) is 21.5 Å². The van der Waals surface area contributed by atoms with E-state index in [1.807, 2.05) is 26.8 Å². The Morgan fingerprint density at radius 1 is 1.38 bits per heavy atom. The fourth-order valence-electron chi connectivity index (χ4n) is 2.91. The Morgan fingerprint density at radius 3 is 2.79 bits per heavy atom. The van der Waals surface area contributed by atoms with Gasteiger partial charge in [-0.25, -0.2) is 14.9 Å². The van der Waals surface area contributed by atoms with E-state index in [0.29, 0.717) is 16.2 Å². The second-order valence-corrected chi connectivity index (χ2v) is 7.25. The number of fused-ring (bicyclic) bond motifs is 1. The number of aliphatic hydroxyl groups excluding tert-OH is 1. The van der Waals surface area contributed by atoms with Gasteiger partial charge in [0.2, 0.25) is 0 Å². The summed E-state index contributed by atoms with van der Waals surface area (Å²) < 4.78 is 17.2. The fraction of sp³-hybridized carbons (Fsp3) is 0.300. The molecule has 2 aromatic carbocycles. The number of carbonyl (C=O) groups is 1. The van der Waals surface area contributed by atoms with Gasteiger partial charge in [-0.05, 0) is 44.5 Å². The molecule has 0 spiro atoms. The van der Waals surface area contributed by atoms with Crippen molar-refractivity contribution in [2.24, 2.45) is 0 Å². The standard InChI is InChI=1S/C20H22ClFN4O3/c1-11(2)26-10-23-19-16(26)9-13(20(28)25-29-7-6-27)18(17(19)22)24-15-5-4-12(3)8-14(15)21/h4-5,8-11,24,27H,6-7H2,1-3H3,(H,25,28). The highest BCUT2D eigenvalue weighted by atomic mass is 35.5. The first-order valence-corrected chi connectivity index (χ1v) is 9.46. The minimum absolute atomic E-state index is 0.0197. The van der Waals surface area contributed by atoms with Crippen LogP contribution in [0.5, 0.6) is 0 Å². The molecule has 1 aromatic heterocycles. The van der Waals surface area contributed by atoms with Crippen LogP contribution < -0.4 is 10.8 Å². The number of hydrogen-bond acceptors (Lipinski definition) is 5. The molecular formula is C20H22ClFN4O3.